The first kappa shape index (κ1) is 11.5. The normalized spacial score (nSPS) is 18.4. The van der Waals surface area contributed by atoms with Gasteiger partial charge in [0.25, 0.3) is 0 Å². The van der Waals surface area contributed by atoms with Crippen LogP contribution in [0, 0.1) is 6.92 Å². The van der Waals surface area contributed by atoms with Crippen molar-refractivity contribution in [1.82, 2.24) is 19.7 Å². The van der Waals surface area contributed by atoms with Gasteiger partial charge in [-0.3, -0.25) is 4.68 Å². The Morgan fingerprint density at radius 3 is 2.72 bits per heavy atom. The van der Waals surface area contributed by atoms with Gasteiger partial charge in [-0.1, -0.05) is 12.8 Å². The quantitative estimate of drug-likeness (QED) is 0.848. The summed E-state index contributed by atoms with van der Waals surface area (Å²) in [6.45, 7) is 2.00. The van der Waals surface area contributed by atoms with E-state index in [9.17, 15) is 0 Å². The van der Waals surface area contributed by atoms with Crippen molar-refractivity contribution in [2.24, 2.45) is 12.8 Å². The highest BCUT2D eigenvalue weighted by Gasteiger charge is 2.34. The highest BCUT2D eigenvalue weighted by atomic mass is 15.2. The number of nitrogens with one attached hydrogen (secondary N) is 1. The van der Waals surface area contributed by atoms with Gasteiger partial charge in [-0.25, -0.2) is 4.98 Å². The summed E-state index contributed by atoms with van der Waals surface area (Å²) in [5.74, 6) is 0.915. The summed E-state index contributed by atoms with van der Waals surface area (Å²) < 4.78 is 1.82. The third kappa shape index (κ3) is 1.75. The van der Waals surface area contributed by atoms with E-state index in [-0.39, 0.29) is 5.54 Å². The average Bonchev–Trinajstić information content (AvgIpc) is 2.99. The van der Waals surface area contributed by atoms with Crippen LogP contribution in [0.4, 0.5) is 0 Å². The molecule has 2 aromatic heterocycles. The number of H-pyrrole nitrogens is 1. The number of rotatable bonds is 2. The van der Waals surface area contributed by atoms with Gasteiger partial charge < -0.3 is 10.7 Å². The van der Waals surface area contributed by atoms with E-state index in [1.807, 2.05) is 31.0 Å². The Morgan fingerprint density at radius 2 is 2.11 bits per heavy atom. The summed E-state index contributed by atoms with van der Waals surface area (Å²) >= 11 is 0. The zero-order valence-electron chi connectivity index (χ0n) is 10.9. The van der Waals surface area contributed by atoms with Crippen molar-refractivity contribution in [3.05, 3.63) is 23.9 Å². The number of nitrogens with two attached hydrogens (primary N) is 1. The lowest BCUT2D eigenvalue weighted by Gasteiger charge is -2.20. The molecule has 0 bridgehead atoms. The van der Waals surface area contributed by atoms with Crippen LogP contribution in [0.15, 0.2) is 12.4 Å². The molecule has 2 aromatic rings. The largest absolute Gasteiger partial charge is 0.340 e. The van der Waals surface area contributed by atoms with Crippen LogP contribution in [0.1, 0.15) is 37.2 Å². The van der Waals surface area contributed by atoms with Crippen molar-refractivity contribution in [3.8, 4) is 11.3 Å². The fraction of sp³-hybridized carbons (Fsp3) is 0.538. The van der Waals surface area contributed by atoms with E-state index in [1.165, 1.54) is 12.8 Å². The molecule has 0 radical (unpaired) electrons. The Kier molecular flexibility index (Phi) is 2.52. The molecule has 0 aromatic carbocycles. The molecule has 0 atom stereocenters. The monoisotopic (exact) mass is 245 g/mol. The molecule has 18 heavy (non-hydrogen) atoms. The van der Waals surface area contributed by atoms with E-state index < -0.39 is 0 Å². The molecule has 0 spiro atoms. The third-order valence-corrected chi connectivity index (χ3v) is 3.85. The molecular formula is C13H19N5. The van der Waals surface area contributed by atoms with Crippen molar-refractivity contribution in [2.45, 2.75) is 38.1 Å². The summed E-state index contributed by atoms with van der Waals surface area (Å²) in [6.07, 6.45) is 8.30. The molecule has 2 heterocycles. The average molecular weight is 245 g/mol. The molecule has 3 N–H and O–H groups in total. The Morgan fingerprint density at radius 1 is 1.39 bits per heavy atom. The second kappa shape index (κ2) is 3.95. The number of hydrogen-bond acceptors (Lipinski definition) is 3. The van der Waals surface area contributed by atoms with E-state index in [2.05, 4.69) is 15.1 Å². The van der Waals surface area contributed by atoms with Crippen molar-refractivity contribution >= 4 is 0 Å². The zero-order valence-corrected chi connectivity index (χ0v) is 10.9. The van der Waals surface area contributed by atoms with Crippen molar-refractivity contribution in [1.29, 1.82) is 0 Å². The standard InChI is InChI=1S/C13H19N5/c1-9-10(8-18(2)17-9)11-7-15-12(16-11)13(14)5-3-4-6-13/h7-8H,3-6,14H2,1-2H3,(H,15,16). The topological polar surface area (TPSA) is 72.5 Å². The lowest BCUT2D eigenvalue weighted by atomic mass is 9.99. The Labute approximate surface area is 106 Å². The summed E-state index contributed by atoms with van der Waals surface area (Å²) in [4.78, 5) is 7.86. The van der Waals surface area contributed by atoms with E-state index >= 15 is 0 Å². The molecule has 1 aliphatic carbocycles. The minimum absolute atomic E-state index is 0.256. The van der Waals surface area contributed by atoms with Crippen LogP contribution in [0.3, 0.4) is 0 Å². The van der Waals surface area contributed by atoms with Crippen molar-refractivity contribution in [2.75, 3.05) is 0 Å². The first-order valence-electron chi connectivity index (χ1n) is 6.43. The Hall–Kier alpha value is -1.62. The van der Waals surface area contributed by atoms with E-state index in [1.54, 1.807) is 0 Å². The number of imidazole rings is 1. The van der Waals surface area contributed by atoms with Crippen LogP contribution in [0.5, 0.6) is 0 Å². The molecule has 5 nitrogen and oxygen atoms in total. The predicted octanol–water partition coefficient (Wildman–Crippen LogP) is 1.85. The maximum Gasteiger partial charge on any atom is 0.126 e. The minimum Gasteiger partial charge on any atom is -0.340 e. The van der Waals surface area contributed by atoms with Crippen molar-refractivity contribution in [3.63, 3.8) is 0 Å². The molecule has 96 valence electrons. The minimum atomic E-state index is -0.256. The van der Waals surface area contributed by atoms with Gasteiger partial charge in [-0.15, -0.1) is 0 Å². The smallest absolute Gasteiger partial charge is 0.126 e. The van der Waals surface area contributed by atoms with Gasteiger partial charge in [0.15, 0.2) is 0 Å². The number of hydrogen-bond donors (Lipinski definition) is 2. The summed E-state index contributed by atoms with van der Waals surface area (Å²) in [6, 6.07) is 0. The summed E-state index contributed by atoms with van der Waals surface area (Å²) in [7, 11) is 1.93. The second-order valence-corrected chi connectivity index (χ2v) is 5.31. The van der Waals surface area contributed by atoms with Gasteiger partial charge in [-0.2, -0.15) is 5.10 Å². The van der Waals surface area contributed by atoms with Crippen LogP contribution in [0.25, 0.3) is 11.3 Å². The third-order valence-electron chi connectivity index (χ3n) is 3.85. The summed E-state index contributed by atoms with van der Waals surface area (Å²) in [5.41, 5.74) is 9.25. The fourth-order valence-corrected chi connectivity index (χ4v) is 2.82. The van der Waals surface area contributed by atoms with Crippen LogP contribution in [-0.2, 0) is 12.6 Å². The maximum absolute atomic E-state index is 6.40. The van der Waals surface area contributed by atoms with E-state index in [0.29, 0.717) is 0 Å². The maximum atomic E-state index is 6.40. The molecule has 3 rings (SSSR count). The highest BCUT2D eigenvalue weighted by Crippen LogP contribution is 2.35. The molecule has 1 saturated carbocycles. The van der Waals surface area contributed by atoms with Gasteiger partial charge in [0.2, 0.25) is 0 Å². The number of aryl methyl sites for hydroxylation is 2. The number of aromatic amines is 1. The predicted molar refractivity (Wildman–Crippen MR) is 69.9 cm³/mol. The number of aromatic nitrogens is 4. The molecule has 5 heteroatoms. The molecular weight excluding hydrogens is 226 g/mol. The fourth-order valence-electron chi connectivity index (χ4n) is 2.82. The molecule has 0 amide bonds. The lowest BCUT2D eigenvalue weighted by Crippen LogP contribution is -2.34. The zero-order chi connectivity index (χ0) is 12.8. The van der Waals surface area contributed by atoms with Gasteiger partial charge in [0.1, 0.15) is 5.82 Å². The molecule has 1 aliphatic rings. The van der Waals surface area contributed by atoms with Gasteiger partial charge in [-0.05, 0) is 19.8 Å². The number of nitrogens with zero attached hydrogens (tertiary/aromatic N) is 3. The van der Waals surface area contributed by atoms with Crippen LogP contribution < -0.4 is 5.73 Å². The highest BCUT2D eigenvalue weighted by molar-refractivity contribution is 5.60. The Bertz CT molecular complexity index is 560. The summed E-state index contributed by atoms with van der Waals surface area (Å²) in [5, 5.41) is 4.35. The Balaban J connectivity index is 1.96. The molecule has 1 fully saturated rings. The van der Waals surface area contributed by atoms with E-state index in [0.717, 1.165) is 35.6 Å². The molecule has 0 aliphatic heterocycles. The first-order chi connectivity index (χ1) is 8.58. The SMILES string of the molecule is Cc1nn(C)cc1-c1cnc(C2(N)CCCC2)[nH]1. The van der Waals surface area contributed by atoms with Gasteiger partial charge in [0.05, 0.1) is 23.1 Å². The van der Waals surface area contributed by atoms with Crippen LogP contribution in [0.2, 0.25) is 0 Å². The lowest BCUT2D eigenvalue weighted by molar-refractivity contribution is 0.436. The van der Waals surface area contributed by atoms with Gasteiger partial charge in [0, 0.05) is 18.8 Å². The molecule has 0 unspecified atom stereocenters. The van der Waals surface area contributed by atoms with E-state index in [4.69, 9.17) is 5.73 Å². The van der Waals surface area contributed by atoms with Crippen LogP contribution >= 0.6 is 0 Å². The molecule has 0 saturated heterocycles. The second-order valence-electron chi connectivity index (χ2n) is 5.31. The van der Waals surface area contributed by atoms with Gasteiger partial charge >= 0.3 is 0 Å². The first-order valence-corrected chi connectivity index (χ1v) is 6.43. The van der Waals surface area contributed by atoms with Crippen molar-refractivity contribution < 1.29 is 0 Å². The van der Waals surface area contributed by atoms with Crippen LogP contribution in [-0.4, -0.2) is 19.7 Å².